The minimum absolute atomic E-state index is 0.0604. The molecule has 0 unspecified atom stereocenters. The summed E-state index contributed by atoms with van der Waals surface area (Å²) in [5.41, 5.74) is 26.8. The predicted molar refractivity (Wildman–Crippen MR) is 258 cm³/mol. The molecular formula is C61H45N. The van der Waals surface area contributed by atoms with Gasteiger partial charge in [0.15, 0.2) is 0 Å². The summed E-state index contributed by atoms with van der Waals surface area (Å²) in [5, 5.41) is 0. The van der Waals surface area contributed by atoms with Crippen LogP contribution < -0.4 is 4.90 Å². The summed E-state index contributed by atoms with van der Waals surface area (Å²) in [6, 6.07) is 75.9. The Bertz CT molecular complexity index is 3300. The van der Waals surface area contributed by atoms with E-state index in [9.17, 15) is 0 Å². The van der Waals surface area contributed by atoms with E-state index in [2.05, 4.69) is 233 Å². The maximum Gasteiger partial charge on any atom is 0.0746 e. The Balaban J connectivity index is 1.10. The van der Waals surface area contributed by atoms with E-state index in [0.717, 1.165) is 5.69 Å². The van der Waals surface area contributed by atoms with Gasteiger partial charge in [0.1, 0.15) is 0 Å². The quantitative estimate of drug-likeness (QED) is 0.172. The molecule has 13 rings (SSSR count). The highest BCUT2D eigenvalue weighted by Gasteiger charge is 2.53. The lowest BCUT2D eigenvalue weighted by Gasteiger charge is -2.36. The fourth-order valence-electron chi connectivity index (χ4n) is 12.4. The second-order valence-electron chi connectivity index (χ2n) is 18.7. The smallest absolute Gasteiger partial charge is 0.0746 e. The maximum absolute atomic E-state index is 2.60. The van der Waals surface area contributed by atoms with Crippen molar-refractivity contribution in [3.05, 3.63) is 245 Å². The van der Waals surface area contributed by atoms with Gasteiger partial charge in [0, 0.05) is 27.6 Å². The van der Waals surface area contributed by atoms with Gasteiger partial charge in [-0.25, -0.2) is 0 Å². The minimum Gasteiger partial charge on any atom is -0.310 e. The van der Waals surface area contributed by atoms with Crippen molar-refractivity contribution < 1.29 is 0 Å². The minimum atomic E-state index is -0.506. The number of benzene rings is 9. The number of hydrogen-bond donors (Lipinski definition) is 0. The molecule has 0 saturated carbocycles. The summed E-state index contributed by atoms with van der Waals surface area (Å²) in [5.74, 6) is 0. The molecule has 0 atom stereocenters. The molecule has 4 aliphatic rings. The SMILES string of the molecule is CC1(C)c2ccccc2-c2c(-c3ccc(N(c4cccc5c4-c4ccccc4C5(C)C)c4cccc5c4C4(c6ccccc6-c6ccccc64)c4ccccc4-5)cc3)cccc21. The summed E-state index contributed by atoms with van der Waals surface area (Å²) in [6.45, 7) is 9.50. The van der Waals surface area contributed by atoms with Gasteiger partial charge in [-0.15, -0.1) is 0 Å². The third kappa shape index (κ3) is 4.38. The first-order valence-corrected chi connectivity index (χ1v) is 22.1. The third-order valence-corrected chi connectivity index (χ3v) is 15.1. The van der Waals surface area contributed by atoms with Gasteiger partial charge in [0.05, 0.1) is 16.8 Å². The monoisotopic (exact) mass is 791 g/mol. The highest BCUT2D eigenvalue weighted by atomic mass is 15.2. The van der Waals surface area contributed by atoms with Crippen LogP contribution in [0.1, 0.15) is 72.2 Å². The van der Waals surface area contributed by atoms with Gasteiger partial charge in [-0.1, -0.05) is 204 Å². The Kier molecular flexibility index (Phi) is 7.12. The molecule has 294 valence electrons. The van der Waals surface area contributed by atoms with E-state index in [4.69, 9.17) is 0 Å². The van der Waals surface area contributed by atoms with E-state index < -0.39 is 5.41 Å². The molecule has 0 fully saturated rings. The molecule has 0 N–H and O–H groups in total. The highest BCUT2D eigenvalue weighted by Crippen LogP contribution is 2.66. The zero-order valence-corrected chi connectivity index (χ0v) is 35.5. The van der Waals surface area contributed by atoms with Crippen molar-refractivity contribution in [2.24, 2.45) is 0 Å². The number of nitrogens with zero attached hydrogens (tertiary/aromatic N) is 1. The first kappa shape index (κ1) is 35.5. The third-order valence-electron chi connectivity index (χ3n) is 15.1. The van der Waals surface area contributed by atoms with Crippen LogP contribution in [0.25, 0.3) is 55.6 Å². The summed E-state index contributed by atoms with van der Waals surface area (Å²) < 4.78 is 0. The molecule has 9 aromatic rings. The predicted octanol–water partition coefficient (Wildman–Crippen LogP) is 15.8. The summed E-state index contributed by atoms with van der Waals surface area (Å²) in [7, 11) is 0. The van der Waals surface area contributed by atoms with Gasteiger partial charge < -0.3 is 4.90 Å². The fraction of sp³-hybridized carbons (Fsp3) is 0.115. The highest BCUT2D eigenvalue weighted by molar-refractivity contribution is 6.02. The first-order chi connectivity index (χ1) is 30.3. The van der Waals surface area contributed by atoms with Crippen LogP contribution in [0.5, 0.6) is 0 Å². The first-order valence-electron chi connectivity index (χ1n) is 22.1. The molecule has 0 radical (unpaired) electrons. The average Bonchev–Trinajstić information content (AvgIpc) is 3.95. The van der Waals surface area contributed by atoms with E-state index in [1.54, 1.807) is 0 Å². The molecule has 0 saturated heterocycles. The van der Waals surface area contributed by atoms with E-state index >= 15 is 0 Å². The molecular weight excluding hydrogens is 747 g/mol. The van der Waals surface area contributed by atoms with Crippen molar-refractivity contribution in [3.63, 3.8) is 0 Å². The molecule has 1 heteroatoms. The van der Waals surface area contributed by atoms with Crippen molar-refractivity contribution in [1.82, 2.24) is 0 Å². The van der Waals surface area contributed by atoms with Crippen LogP contribution in [0.4, 0.5) is 17.1 Å². The standard InChI is InChI=1S/C61H45N/c1-59(2)47-25-10-8-21-45(47)56-40(23-15-30-52(56)59)38-34-36-39(37-35-38)62(54-32-17-31-53-57(54)46-22-9-11-26-48(46)60(53,3)4)55-33-16-24-44-43-20-7-14-29-51(43)61(58(44)55)49-27-12-5-18-41(49)42-19-6-13-28-50(42)61/h5-37H,1-4H3. The fourth-order valence-corrected chi connectivity index (χ4v) is 12.4. The molecule has 1 nitrogen and oxygen atoms in total. The van der Waals surface area contributed by atoms with Crippen LogP contribution in [0.2, 0.25) is 0 Å². The van der Waals surface area contributed by atoms with Crippen LogP contribution >= 0.6 is 0 Å². The van der Waals surface area contributed by atoms with Crippen molar-refractivity contribution in [1.29, 1.82) is 0 Å². The van der Waals surface area contributed by atoms with Gasteiger partial charge in [-0.3, -0.25) is 0 Å². The van der Waals surface area contributed by atoms with Crippen LogP contribution in [0.3, 0.4) is 0 Å². The lowest BCUT2D eigenvalue weighted by molar-refractivity contribution is 0.660. The molecule has 9 aromatic carbocycles. The average molecular weight is 792 g/mol. The summed E-state index contributed by atoms with van der Waals surface area (Å²) in [6.07, 6.45) is 0. The Morgan fingerprint density at radius 3 is 1.26 bits per heavy atom. The van der Waals surface area contributed by atoms with Crippen LogP contribution in [0.15, 0.2) is 200 Å². The zero-order chi connectivity index (χ0) is 41.5. The molecule has 0 aromatic heterocycles. The molecule has 0 amide bonds. The Labute approximate surface area is 364 Å². The second-order valence-corrected chi connectivity index (χ2v) is 18.7. The van der Waals surface area contributed by atoms with Gasteiger partial charge in [0.2, 0.25) is 0 Å². The lowest BCUT2D eigenvalue weighted by Crippen LogP contribution is -2.28. The topological polar surface area (TPSA) is 3.24 Å². The molecule has 0 bridgehead atoms. The van der Waals surface area contributed by atoms with E-state index in [0.29, 0.717) is 0 Å². The Morgan fingerprint density at radius 2 is 0.677 bits per heavy atom. The van der Waals surface area contributed by atoms with E-state index in [1.807, 2.05) is 0 Å². The molecule has 62 heavy (non-hydrogen) atoms. The number of anilines is 3. The van der Waals surface area contributed by atoms with Crippen LogP contribution in [-0.2, 0) is 16.2 Å². The lowest BCUT2D eigenvalue weighted by atomic mass is 9.70. The van der Waals surface area contributed by atoms with Crippen molar-refractivity contribution in [3.8, 4) is 55.6 Å². The van der Waals surface area contributed by atoms with Gasteiger partial charge in [-0.2, -0.15) is 0 Å². The summed E-state index contributed by atoms with van der Waals surface area (Å²) in [4.78, 5) is 2.60. The number of fused-ring (bicyclic) bond motifs is 16. The van der Waals surface area contributed by atoms with Crippen molar-refractivity contribution in [2.45, 2.75) is 43.9 Å². The zero-order valence-electron chi connectivity index (χ0n) is 35.5. The van der Waals surface area contributed by atoms with E-state index in [1.165, 1.54) is 112 Å². The normalized spacial score (nSPS) is 15.5. The largest absolute Gasteiger partial charge is 0.310 e. The van der Waals surface area contributed by atoms with Gasteiger partial charge in [0.25, 0.3) is 0 Å². The van der Waals surface area contributed by atoms with Crippen molar-refractivity contribution in [2.75, 3.05) is 4.90 Å². The second kappa shape index (κ2) is 12.4. The molecule has 4 aliphatic carbocycles. The number of rotatable bonds is 4. The molecule has 0 heterocycles. The van der Waals surface area contributed by atoms with Gasteiger partial charge >= 0.3 is 0 Å². The van der Waals surface area contributed by atoms with E-state index in [-0.39, 0.29) is 10.8 Å². The Hall–Kier alpha value is -7.22. The molecule has 0 aliphatic heterocycles. The van der Waals surface area contributed by atoms with Crippen LogP contribution in [-0.4, -0.2) is 0 Å². The maximum atomic E-state index is 2.60. The Morgan fingerprint density at radius 1 is 0.290 bits per heavy atom. The van der Waals surface area contributed by atoms with Gasteiger partial charge in [-0.05, 0) is 113 Å². The van der Waals surface area contributed by atoms with Crippen LogP contribution in [0, 0.1) is 0 Å². The number of hydrogen-bond acceptors (Lipinski definition) is 1. The molecule has 1 spiro atoms. The summed E-state index contributed by atoms with van der Waals surface area (Å²) >= 11 is 0. The van der Waals surface area contributed by atoms with Crippen molar-refractivity contribution >= 4 is 17.1 Å².